The lowest BCUT2D eigenvalue weighted by Gasteiger charge is -2.35. The number of rotatable bonds is 7. The van der Waals surface area contributed by atoms with E-state index in [1.54, 1.807) is 0 Å². The SMILES string of the molecule is CC(C)CN1CCN(C(=O)NCCCOc2ccc3nc4[nH]c(=O)[nH]c4cc3c2)CC1. The van der Waals surface area contributed by atoms with Gasteiger partial charge < -0.3 is 19.9 Å². The summed E-state index contributed by atoms with van der Waals surface area (Å²) in [6, 6.07) is 7.52. The lowest BCUT2D eigenvalue weighted by Crippen LogP contribution is -2.52. The molecule has 0 spiro atoms. The fraction of sp³-hybridized carbons (Fsp3) is 0.500. The van der Waals surface area contributed by atoms with E-state index in [1.165, 1.54) is 0 Å². The van der Waals surface area contributed by atoms with Crippen LogP contribution in [0.15, 0.2) is 29.1 Å². The van der Waals surface area contributed by atoms with Gasteiger partial charge in [0.1, 0.15) is 5.75 Å². The van der Waals surface area contributed by atoms with Gasteiger partial charge in [0, 0.05) is 44.7 Å². The molecule has 3 N–H and O–H groups in total. The van der Waals surface area contributed by atoms with Crippen molar-refractivity contribution in [3.8, 4) is 5.75 Å². The Balaban J connectivity index is 1.20. The first-order valence-electron chi connectivity index (χ1n) is 10.9. The standard InChI is InChI=1S/C22H30N6O3/c1-15(2)14-27-7-9-28(10-8-27)22(30)23-6-3-11-31-17-4-5-18-16(12-17)13-19-20(24-18)26-21(29)25-19/h4-5,12-13,15H,3,6-11,14H2,1-2H3,(H,23,30)(H2,24,25,26,29). The predicted octanol–water partition coefficient (Wildman–Crippen LogP) is 2.16. The average Bonchev–Trinajstić information content (AvgIpc) is 3.10. The molecule has 1 saturated heterocycles. The molecule has 9 heteroatoms. The number of fused-ring (bicyclic) bond motifs is 2. The minimum Gasteiger partial charge on any atom is -0.494 e. The third-order valence-electron chi connectivity index (χ3n) is 5.42. The lowest BCUT2D eigenvalue weighted by molar-refractivity contribution is 0.131. The van der Waals surface area contributed by atoms with Gasteiger partial charge in [-0.1, -0.05) is 13.8 Å². The first-order valence-corrected chi connectivity index (χ1v) is 10.9. The maximum Gasteiger partial charge on any atom is 0.325 e. The largest absolute Gasteiger partial charge is 0.494 e. The number of nitrogens with zero attached hydrogens (tertiary/aromatic N) is 3. The average molecular weight is 427 g/mol. The number of urea groups is 1. The van der Waals surface area contributed by atoms with Gasteiger partial charge in [0.2, 0.25) is 0 Å². The summed E-state index contributed by atoms with van der Waals surface area (Å²) in [6.45, 7) is 10.0. The number of imidazole rings is 1. The van der Waals surface area contributed by atoms with E-state index < -0.39 is 0 Å². The Labute approximate surface area is 180 Å². The second kappa shape index (κ2) is 9.38. The molecule has 0 aliphatic carbocycles. The zero-order valence-corrected chi connectivity index (χ0v) is 18.1. The fourth-order valence-corrected chi connectivity index (χ4v) is 3.92. The van der Waals surface area contributed by atoms with Crippen LogP contribution in [0, 0.1) is 5.92 Å². The number of carbonyl (C=O) groups is 1. The van der Waals surface area contributed by atoms with Crippen LogP contribution in [0.25, 0.3) is 22.1 Å². The number of carbonyl (C=O) groups excluding carboxylic acids is 1. The van der Waals surface area contributed by atoms with Gasteiger partial charge in [-0.15, -0.1) is 0 Å². The molecule has 0 atom stereocenters. The fourth-order valence-electron chi connectivity index (χ4n) is 3.92. The van der Waals surface area contributed by atoms with E-state index in [0.717, 1.165) is 55.8 Å². The van der Waals surface area contributed by atoms with Crippen molar-refractivity contribution in [3.05, 3.63) is 34.7 Å². The third kappa shape index (κ3) is 5.35. The van der Waals surface area contributed by atoms with Gasteiger partial charge in [-0.25, -0.2) is 14.6 Å². The zero-order valence-electron chi connectivity index (χ0n) is 18.1. The van der Waals surface area contributed by atoms with Crippen molar-refractivity contribution in [2.24, 2.45) is 5.92 Å². The molecular weight excluding hydrogens is 396 g/mol. The summed E-state index contributed by atoms with van der Waals surface area (Å²) in [5, 5.41) is 3.88. The summed E-state index contributed by atoms with van der Waals surface area (Å²) in [5.41, 5.74) is 1.73. The summed E-state index contributed by atoms with van der Waals surface area (Å²) >= 11 is 0. The molecule has 31 heavy (non-hydrogen) atoms. The van der Waals surface area contributed by atoms with Crippen molar-refractivity contribution in [3.63, 3.8) is 0 Å². The molecule has 0 saturated carbocycles. The smallest absolute Gasteiger partial charge is 0.325 e. The molecular formula is C22H30N6O3. The third-order valence-corrected chi connectivity index (χ3v) is 5.42. The quantitative estimate of drug-likeness (QED) is 0.502. The maximum absolute atomic E-state index is 12.3. The van der Waals surface area contributed by atoms with Gasteiger partial charge >= 0.3 is 11.7 Å². The van der Waals surface area contributed by atoms with E-state index >= 15 is 0 Å². The van der Waals surface area contributed by atoms with Crippen LogP contribution in [0.1, 0.15) is 20.3 Å². The molecule has 0 unspecified atom stereocenters. The minimum atomic E-state index is -0.270. The highest BCUT2D eigenvalue weighted by Gasteiger charge is 2.20. The number of pyridine rings is 1. The number of benzene rings is 1. The Bertz CT molecular complexity index is 1100. The zero-order chi connectivity index (χ0) is 21.8. The number of H-pyrrole nitrogens is 2. The summed E-state index contributed by atoms with van der Waals surface area (Å²) in [4.78, 5) is 37.9. The number of aromatic nitrogens is 3. The summed E-state index contributed by atoms with van der Waals surface area (Å²) in [7, 11) is 0. The number of nitrogens with one attached hydrogen (secondary N) is 3. The number of ether oxygens (including phenoxy) is 1. The number of amides is 2. The second-order valence-electron chi connectivity index (χ2n) is 8.43. The number of piperazine rings is 1. The molecule has 0 bridgehead atoms. The van der Waals surface area contributed by atoms with Crippen LogP contribution in [0.3, 0.4) is 0 Å². The highest BCUT2D eigenvalue weighted by molar-refractivity contribution is 5.89. The molecule has 2 amide bonds. The normalized spacial score (nSPS) is 15.1. The molecule has 1 aliphatic rings. The highest BCUT2D eigenvalue weighted by Crippen LogP contribution is 2.22. The van der Waals surface area contributed by atoms with Crippen LogP contribution >= 0.6 is 0 Å². The van der Waals surface area contributed by atoms with Crippen LogP contribution in [0.4, 0.5) is 4.79 Å². The number of hydrogen-bond acceptors (Lipinski definition) is 5. The van der Waals surface area contributed by atoms with Gasteiger partial charge in [-0.05, 0) is 36.6 Å². The van der Waals surface area contributed by atoms with Crippen molar-refractivity contribution in [2.45, 2.75) is 20.3 Å². The topological polar surface area (TPSA) is 106 Å². The molecule has 9 nitrogen and oxygen atoms in total. The minimum absolute atomic E-state index is 0.00508. The Morgan fingerprint density at radius 1 is 1.19 bits per heavy atom. The monoisotopic (exact) mass is 426 g/mol. The van der Waals surface area contributed by atoms with E-state index in [2.05, 4.69) is 39.0 Å². The van der Waals surface area contributed by atoms with E-state index in [4.69, 9.17) is 4.74 Å². The first-order chi connectivity index (χ1) is 15.0. The summed E-state index contributed by atoms with van der Waals surface area (Å²) in [6.07, 6.45) is 0.722. The van der Waals surface area contributed by atoms with E-state index in [1.807, 2.05) is 29.2 Å². The van der Waals surface area contributed by atoms with Gasteiger partial charge in [0.25, 0.3) is 0 Å². The molecule has 0 radical (unpaired) electrons. The van der Waals surface area contributed by atoms with Gasteiger partial charge in [0.05, 0.1) is 17.6 Å². The Morgan fingerprint density at radius 3 is 2.77 bits per heavy atom. The van der Waals surface area contributed by atoms with Crippen LogP contribution < -0.4 is 15.7 Å². The van der Waals surface area contributed by atoms with E-state index in [0.29, 0.717) is 30.2 Å². The molecule has 3 aromatic rings. The predicted molar refractivity (Wildman–Crippen MR) is 121 cm³/mol. The Kier molecular flexibility index (Phi) is 6.41. The van der Waals surface area contributed by atoms with Crippen molar-refractivity contribution in [1.29, 1.82) is 0 Å². The van der Waals surface area contributed by atoms with Crippen molar-refractivity contribution in [1.82, 2.24) is 30.1 Å². The van der Waals surface area contributed by atoms with Crippen molar-refractivity contribution in [2.75, 3.05) is 45.9 Å². The number of hydrogen-bond donors (Lipinski definition) is 3. The van der Waals surface area contributed by atoms with Crippen molar-refractivity contribution < 1.29 is 9.53 Å². The second-order valence-corrected chi connectivity index (χ2v) is 8.43. The van der Waals surface area contributed by atoms with Gasteiger partial charge in [-0.3, -0.25) is 9.88 Å². The van der Waals surface area contributed by atoms with Crippen LogP contribution in [0.5, 0.6) is 5.75 Å². The first kappa shape index (κ1) is 21.2. The summed E-state index contributed by atoms with van der Waals surface area (Å²) in [5.74, 6) is 1.39. The maximum atomic E-state index is 12.3. The molecule has 166 valence electrons. The van der Waals surface area contributed by atoms with E-state index in [-0.39, 0.29) is 11.7 Å². The van der Waals surface area contributed by atoms with Crippen LogP contribution in [-0.4, -0.2) is 76.7 Å². The molecule has 2 aromatic heterocycles. The Hall–Kier alpha value is -3.07. The lowest BCUT2D eigenvalue weighted by atomic mass is 10.2. The summed E-state index contributed by atoms with van der Waals surface area (Å²) < 4.78 is 5.83. The van der Waals surface area contributed by atoms with Crippen LogP contribution in [-0.2, 0) is 0 Å². The molecule has 4 rings (SSSR count). The van der Waals surface area contributed by atoms with Gasteiger partial charge in [-0.2, -0.15) is 0 Å². The van der Waals surface area contributed by atoms with Gasteiger partial charge in [0.15, 0.2) is 5.65 Å². The molecule has 1 aromatic carbocycles. The number of aromatic amines is 2. The highest BCUT2D eigenvalue weighted by atomic mass is 16.5. The molecule has 1 fully saturated rings. The van der Waals surface area contributed by atoms with Crippen LogP contribution in [0.2, 0.25) is 0 Å². The molecule has 3 heterocycles. The molecule has 1 aliphatic heterocycles. The Morgan fingerprint density at radius 2 is 2.00 bits per heavy atom. The van der Waals surface area contributed by atoms with E-state index in [9.17, 15) is 9.59 Å². The van der Waals surface area contributed by atoms with Crippen molar-refractivity contribution >= 4 is 28.1 Å².